The van der Waals surface area contributed by atoms with Crippen molar-refractivity contribution in [2.45, 2.75) is 57.6 Å². The number of fused-ring (bicyclic) bond motifs is 2. The van der Waals surface area contributed by atoms with E-state index in [0.29, 0.717) is 23.6 Å². The standard InChI is InChI=1S/C22H25FN2O2/c1-4-25(13-15-7-5-6-8-18(15)23)20(26)16-11-17-19(24-12-16)27-21(2,3)14-22(17)9-10-22/h5-8,11-12H,4,9-10,13-14H2,1-3H3. The van der Waals surface area contributed by atoms with Gasteiger partial charge in [-0.2, -0.15) is 0 Å². The molecule has 2 aromatic rings. The third-order valence-electron chi connectivity index (χ3n) is 5.65. The molecule has 2 heterocycles. The van der Waals surface area contributed by atoms with Gasteiger partial charge in [-0.15, -0.1) is 0 Å². The zero-order valence-electron chi connectivity index (χ0n) is 16.1. The number of carbonyl (C=O) groups excluding carboxylic acids is 1. The van der Waals surface area contributed by atoms with E-state index in [1.807, 2.05) is 13.0 Å². The highest BCUT2D eigenvalue weighted by Crippen LogP contribution is 2.58. The number of rotatable bonds is 4. The van der Waals surface area contributed by atoms with Crippen LogP contribution in [-0.4, -0.2) is 27.9 Å². The number of hydrogen-bond acceptors (Lipinski definition) is 3. The zero-order valence-corrected chi connectivity index (χ0v) is 16.1. The van der Waals surface area contributed by atoms with Gasteiger partial charge in [0.1, 0.15) is 11.4 Å². The third-order valence-corrected chi connectivity index (χ3v) is 5.65. The number of aromatic nitrogens is 1. The van der Waals surface area contributed by atoms with E-state index in [2.05, 4.69) is 18.8 Å². The molecule has 0 radical (unpaired) electrons. The van der Waals surface area contributed by atoms with E-state index in [1.54, 1.807) is 29.3 Å². The first-order valence-electron chi connectivity index (χ1n) is 9.56. The monoisotopic (exact) mass is 368 g/mol. The van der Waals surface area contributed by atoms with Gasteiger partial charge in [-0.1, -0.05) is 18.2 Å². The summed E-state index contributed by atoms with van der Waals surface area (Å²) in [6, 6.07) is 8.51. The van der Waals surface area contributed by atoms with Crippen LogP contribution in [0.15, 0.2) is 36.5 Å². The summed E-state index contributed by atoms with van der Waals surface area (Å²) in [6.07, 6.45) is 4.75. The Kier molecular flexibility index (Phi) is 4.21. The summed E-state index contributed by atoms with van der Waals surface area (Å²) in [5, 5.41) is 0. The van der Waals surface area contributed by atoms with E-state index in [9.17, 15) is 9.18 Å². The summed E-state index contributed by atoms with van der Waals surface area (Å²) >= 11 is 0. The fourth-order valence-corrected chi connectivity index (χ4v) is 4.18. The van der Waals surface area contributed by atoms with Gasteiger partial charge in [0.25, 0.3) is 5.91 Å². The number of nitrogens with zero attached hydrogens (tertiary/aromatic N) is 2. The van der Waals surface area contributed by atoms with Crippen molar-refractivity contribution in [3.63, 3.8) is 0 Å². The van der Waals surface area contributed by atoms with Crippen molar-refractivity contribution in [3.8, 4) is 5.88 Å². The topological polar surface area (TPSA) is 42.4 Å². The summed E-state index contributed by atoms with van der Waals surface area (Å²) in [7, 11) is 0. The molecule has 1 fully saturated rings. The maximum atomic E-state index is 14.0. The molecule has 0 unspecified atom stereocenters. The Bertz CT molecular complexity index is 890. The molecule has 4 nitrogen and oxygen atoms in total. The van der Waals surface area contributed by atoms with Gasteiger partial charge in [0.2, 0.25) is 5.88 Å². The second-order valence-corrected chi connectivity index (χ2v) is 8.31. The molecule has 1 aliphatic heterocycles. The average Bonchev–Trinajstić information content (AvgIpc) is 3.39. The SMILES string of the molecule is CCN(Cc1ccccc1F)C(=O)c1cnc2c(c1)C1(CC1)CC(C)(C)O2. The molecule has 0 bridgehead atoms. The molecule has 1 saturated carbocycles. The molecule has 1 amide bonds. The maximum Gasteiger partial charge on any atom is 0.255 e. The average molecular weight is 368 g/mol. The van der Waals surface area contributed by atoms with Crippen LogP contribution in [0, 0.1) is 5.82 Å². The van der Waals surface area contributed by atoms with Crippen LogP contribution in [0.4, 0.5) is 4.39 Å². The van der Waals surface area contributed by atoms with E-state index in [1.165, 1.54) is 6.07 Å². The van der Waals surface area contributed by atoms with Crippen LogP contribution in [0.25, 0.3) is 0 Å². The number of amides is 1. The lowest BCUT2D eigenvalue weighted by Crippen LogP contribution is -2.39. The van der Waals surface area contributed by atoms with E-state index in [4.69, 9.17) is 4.74 Å². The number of halogens is 1. The molecule has 2 aliphatic rings. The Balaban J connectivity index is 1.62. The first-order valence-corrected chi connectivity index (χ1v) is 9.56. The second kappa shape index (κ2) is 6.32. The molecule has 0 N–H and O–H groups in total. The number of ether oxygens (including phenoxy) is 1. The zero-order chi connectivity index (χ0) is 19.2. The fraction of sp³-hybridized carbons (Fsp3) is 0.455. The minimum absolute atomic E-state index is 0.100. The fourth-order valence-electron chi connectivity index (χ4n) is 4.18. The summed E-state index contributed by atoms with van der Waals surface area (Å²) in [4.78, 5) is 19.2. The summed E-state index contributed by atoms with van der Waals surface area (Å²) < 4.78 is 20.0. The first kappa shape index (κ1) is 18.0. The van der Waals surface area contributed by atoms with Gasteiger partial charge in [0.15, 0.2) is 0 Å². The quantitative estimate of drug-likeness (QED) is 0.799. The highest BCUT2D eigenvalue weighted by atomic mass is 19.1. The lowest BCUT2D eigenvalue weighted by Gasteiger charge is -2.37. The van der Waals surface area contributed by atoms with E-state index in [-0.39, 0.29) is 29.3 Å². The molecule has 1 spiro atoms. The first-order chi connectivity index (χ1) is 12.8. The summed E-state index contributed by atoms with van der Waals surface area (Å²) in [5.41, 5.74) is 1.98. The van der Waals surface area contributed by atoms with Crippen molar-refractivity contribution in [2.24, 2.45) is 0 Å². The van der Waals surface area contributed by atoms with Crippen LogP contribution in [0.5, 0.6) is 5.88 Å². The molecule has 1 aliphatic carbocycles. The Hall–Kier alpha value is -2.43. The van der Waals surface area contributed by atoms with Gasteiger partial charge in [-0.25, -0.2) is 9.37 Å². The van der Waals surface area contributed by atoms with E-state index >= 15 is 0 Å². The number of carbonyl (C=O) groups is 1. The summed E-state index contributed by atoms with van der Waals surface area (Å²) in [5.74, 6) is 0.231. The molecule has 1 aromatic carbocycles. The highest BCUT2D eigenvalue weighted by molar-refractivity contribution is 5.94. The van der Waals surface area contributed by atoms with Crippen LogP contribution in [0.3, 0.4) is 0 Å². The Morgan fingerprint density at radius 1 is 1.30 bits per heavy atom. The molecule has 1 aromatic heterocycles. The number of hydrogen-bond donors (Lipinski definition) is 0. The maximum absolute atomic E-state index is 14.0. The van der Waals surface area contributed by atoms with Crippen molar-refractivity contribution in [1.82, 2.24) is 9.88 Å². The van der Waals surface area contributed by atoms with Gasteiger partial charge in [0.05, 0.1) is 5.56 Å². The second-order valence-electron chi connectivity index (χ2n) is 8.31. The van der Waals surface area contributed by atoms with Gasteiger partial charge in [0, 0.05) is 35.8 Å². The van der Waals surface area contributed by atoms with Gasteiger partial charge < -0.3 is 9.64 Å². The molecule has 5 heteroatoms. The predicted molar refractivity (Wildman–Crippen MR) is 101 cm³/mol. The smallest absolute Gasteiger partial charge is 0.255 e. The van der Waals surface area contributed by atoms with E-state index in [0.717, 1.165) is 24.8 Å². The Morgan fingerprint density at radius 3 is 2.70 bits per heavy atom. The lowest BCUT2D eigenvalue weighted by atomic mass is 9.82. The van der Waals surface area contributed by atoms with Crippen molar-refractivity contribution in [1.29, 1.82) is 0 Å². The molecular formula is C22H25FN2O2. The predicted octanol–water partition coefficient (Wildman–Crippen LogP) is 4.48. The highest BCUT2D eigenvalue weighted by Gasteiger charge is 2.53. The number of benzene rings is 1. The van der Waals surface area contributed by atoms with Gasteiger partial charge in [-0.3, -0.25) is 4.79 Å². The van der Waals surface area contributed by atoms with Crippen LogP contribution >= 0.6 is 0 Å². The van der Waals surface area contributed by atoms with Crippen LogP contribution in [-0.2, 0) is 12.0 Å². The Morgan fingerprint density at radius 2 is 2.04 bits per heavy atom. The van der Waals surface area contributed by atoms with E-state index < -0.39 is 0 Å². The lowest BCUT2D eigenvalue weighted by molar-refractivity contribution is 0.0606. The largest absolute Gasteiger partial charge is 0.471 e. The van der Waals surface area contributed by atoms with Crippen LogP contribution in [0.1, 0.15) is 61.5 Å². The molecular weight excluding hydrogens is 343 g/mol. The van der Waals surface area contributed by atoms with Crippen molar-refractivity contribution in [3.05, 3.63) is 59.0 Å². The molecule has 0 saturated heterocycles. The molecule has 4 rings (SSSR count). The van der Waals surface area contributed by atoms with Gasteiger partial charge >= 0.3 is 0 Å². The molecule has 142 valence electrons. The van der Waals surface area contributed by atoms with Crippen molar-refractivity contribution < 1.29 is 13.9 Å². The normalized spacial score (nSPS) is 18.5. The number of pyridine rings is 1. The van der Waals surface area contributed by atoms with Crippen LogP contribution < -0.4 is 4.74 Å². The Labute approximate surface area is 159 Å². The molecule has 0 atom stereocenters. The summed E-state index contributed by atoms with van der Waals surface area (Å²) in [6.45, 7) is 6.82. The molecule has 27 heavy (non-hydrogen) atoms. The van der Waals surface area contributed by atoms with Crippen LogP contribution in [0.2, 0.25) is 0 Å². The minimum atomic E-state index is -0.292. The van der Waals surface area contributed by atoms with Crippen molar-refractivity contribution >= 4 is 5.91 Å². The van der Waals surface area contributed by atoms with Gasteiger partial charge in [-0.05, 0) is 52.2 Å². The van der Waals surface area contributed by atoms with Crippen molar-refractivity contribution in [2.75, 3.05) is 6.54 Å². The third kappa shape index (κ3) is 3.31. The minimum Gasteiger partial charge on any atom is -0.471 e.